The first-order chi connectivity index (χ1) is 15.1. The summed E-state index contributed by atoms with van der Waals surface area (Å²) in [5, 5.41) is 0. The summed E-state index contributed by atoms with van der Waals surface area (Å²) in [6.45, 7) is 2.21. The fraction of sp³-hybridized carbons (Fsp3) is 0.160. The molecule has 4 rings (SSSR count). The summed E-state index contributed by atoms with van der Waals surface area (Å²) in [6, 6.07) is 23.5. The average molecular weight is 417 g/mol. The van der Waals surface area contributed by atoms with Gasteiger partial charge in [0.25, 0.3) is 0 Å². The molecule has 6 heteroatoms. The number of benzene rings is 3. The van der Waals surface area contributed by atoms with Crippen LogP contribution in [-0.2, 0) is 0 Å². The number of aromatic nitrogens is 3. The second-order valence-corrected chi connectivity index (χ2v) is 8.44. The van der Waals surface area contributed by atoms with Crippen LogP contribution in [0.2, 0.25) is 0 Å². The van der Waals surface area contributed by atoms with Gasteiger partial charge in [0.05, 0.1) is 0 Å². The number of hydrogen-bond donors (Lipinski definition) is 0. The van der Waals surface area contributed by atoms with Crippen LogP contribution in [0.25, 0.3) is 34.2 Å². The largest absolute Gasteiger partial charge is 0.208 e. The molecular weight excluding hydrogens is 396 g/mol. The fourth-order valence-electron chi connectivity index (χ4n) is 3.06. The summed E-state index contributed by atoms with van der Waals surface area (Å²) in [5.41, 5.74) is 4.14. The van der Waals surface area contributed by atoms with Gasteiger partial charge in [-0.3, -0.25) is 0 Å². The lowest BCUT2D eigenvalue weighted by molar-refractivity contribution is 0.896. The van der Waals surface area contributed by atoms with Gasteiger partial charge in [-0.15, -0.1) is 11.8 Å². The Labute approximate surface area is 190 Å². The maximum absolute atomic E-state index is 5.85. The summed E-state index contributed by atoms with van der Waals surface area (Å²) < 4.78 is 0. The molecule has 1 aromatic heterocycles. The van der Waals surface area contributed by atoms with Crippen molar-refractivity contribution in [1.82, 2.24) is 15.0 Å². The Morgan fingerprint density at radius 2 is 1.00 bits per heavy atom. The van der Waals surface area contributed by atoms with Crippen LogP contribution >= 0.6 is 11.8 Å². The van der Waals surface area contributed by atoms with Gasteiger partial charge in [0.1, 0.15) is 15.7 Å². The molecule has 0 amide bonds. The molecule has 0 saturated carbocycles. The molecule has 3 aromatic carbocycles. The van der Waals surface area contributed by atoms with E-state index in [1.807, 2.05) is 60.3 Å². The molecule has 0 spiro atoms. The average Bonchev–Trinajstić information content (AvgIpc) is 2.80. The van der Waals surface area contributed by atoms with Gasteiger partial charge < -0.3 is 0 Å². The van der Waals surface area contributed by atoms with Crippen molar-refractivity contribution in [1.29, 1.82) is 0 Å². The first-order valence-corrected chi connectivity index (χ1v) is 11.3. The molecule has 0 unspecified atom stereocenters. The zero-order chi connectivity index (χ0) is 21.6. The van der Waals surface area contributed by atoms with Crippen molar-refractivity contribution in [3.63, 3.8) is 0 Å². The van der Waals surface area contributed by atoms with Gasteiger partial charge >= 0.3 is 0 Å². The van der Waals surface area contributed by atoms with Crippen molar-refractivity contribution in [3.8, 4) is 34.2 Å². The zero-order valence-electron chi connectivity index (χ0n) is 17.5. The molecule has 4 radical (unpaired) electrons. The summed E-state index contributed by atoms with van der Waals surface area (Å²) >= 11 is 1.87. The van der Waals surface area contributed by atoms with E-state index in [0.29, 0.717) is 28.4 Å². The summed E-state index contributed by atoms with van der Waals surface area (Å²) in [4.78, 5) is 15.5. The molecule has 148 valence electrons. The highest BCUT2D eigenvalue weighted by molar-refractivity contribution is 7.99. The van der Waals surface area contributed by atoms with Crippen molar-refractivity contribution in [2.24, 2.45) is 0 Å². The van der Waals surface area contributed by atoms with Gasteiger partial charge in [0.15, 0.2) is 17.5 Å². The van der Waals surface area contributed by atoms with E-state index in [9.17, 15) is 0 Å². The van der Waals surface area contributed by atoms with Crippen LogP contribution in [0, 0.1) is 0 Å². The van der Waals surface area contributed by atoms with Crippen LogP contribution in [0.15, 0.2) is 77.7 Å². The number of rotatable bonds is 7. The second-order valence-electron chi connectivity index (χ2n) is 7.28. The van der Waals surface area contributed by atoms with Crippen molar-refractivity contribution in [2.75, 3.05) is 5.75 Å². The topological polar surface area (TPSA) is 38.7 Å². The Kier molecular flexibility index (Phi) is 6.88. The van der Waals surface area contributed by atoms with E-state index >= 15 is 0 Å². The molecule has 4 aromatic rings. The first-order valence-electron chi connectivity index (χ1n) is 10.3. The Bertz CT molecular complexity index is 1080. The van der Waals surface area contributed by atoms with Gasteiger partial charge in [0.2, 0.25) is 0 Å². The van der Waals surface area contributed by atoms with E-state index < -0.39 is 0 Å². The van der Waals surface area contributed by atoms with Gasteiger partial charge in [-0.1, -0.05) is 84.9 Å². The quantitative estimate of drug-likeness (QED) is 0.255. The molecule has 1 heterocycles. The third kappa shape index (κ3) is 5.45. The predicted molar refractivity (Wildman–Crippen MR) is 133 cm³/mol. The van der Waals surface area contributed by atoms with Crippen LogP contribution in [0.4, 0.5) is 0 Å². The molecule has 31 heavy (non-hydrogen) atoms. The Hall–Kier alpha value is -2.85. The number of unbranched alkanes of at least 4 members (excludes halogenated alkanes) is 1. The third-order valence-corrected chi connectivity index (χ3v) is 5.95. The molecule has 0 aliphatic rings. The Morgan fingerprint density at radius 1 is 0.613 bits per heavy atom. The highest BCUT2D eigenvalue weighted by atomic mass is 32.2. The smallest absolute Gasteiger partial charge is 0.164 e. The van der Waals surface area contributed by atoms with E-state index in [0.717, 1.165) is 22.4 Å². The number of nitrogens with zero attached hydrogens (tertiary/aromatic N) is 3. The van der Waals surface area contributed by atoms with Crippen LogP contribution < -0.4 is 10.9 Å². The minimum Gasteiger partial charge on any atom is -0.208 e. The van der Waals surface area contributed by atoms with Crippen molar-refractivity contribution in [2.45, 2.75) is 24.7 Å². The molecule has 0 aliphatic carbocycles. The zero-order valence-corrected chi connectivity index (χ0v) is 18.3. The van der Waals surface area contributed by atoms with E-state index in [1.54, 1.807) is 0 Å². The standard InChI is InChI=1S/C25H21B2N3S/c1-2-3-16-31-22-14-8-19(9-15-22)25-29-23(17-4-10-20(26)11-5-17)28-24(30-25)18-6-12-21(27)13-7-18/h4-15H,2-3,16H2,1H3. The lowest BCUT2D eigenvalue weighted by Gasteiger charge is -2.09. The molecular formula is C25H21B2N3S. The fourth-order valence-corrected chi connectivity index (χ4v) is 4.06. The molecule has 0 atom stereocenters. The van der Waals surface area contributed by atoms with Crippen LogP contribution in [0.3, 0.4) is 0 Å². The minimum atomic E-state index is 0.609. The van der Waals surface area contributed by atoms with Gasteiger partial charge in [-0.25, -0.2) is 15.0 Å². The van der Waals surface area contributed by atoms with Crippen molar-refractivity contribution < 1.29 is 0 Å². The van der Waals surface area contributed by atoms with E-state index in [4.69, 9.17) is 30.6 Å². The molecule has 0 saturated heterocycles. The number of hydrogen-bond acceptors (Lipinski definition) is 4. The predicted octanol–water partition coefficient (Wildman–Crippen LogP) is 4.35. The summed E-state index contributed by atoms with van der Waals surface area (Å²) in [5.74, 6) is 2.99. The van der Waals surface area contributed by atoms with Crippen LogP contribution in [0.5, 0.6) is 0 Å². The number of thioether (sulfide) groups is 1. The maximum atomic E-state index is 5.85. The molecule has 0 aliphatic heterocycles. The van der Waals surface area contributed by atoms with Gasteiger partial charge in [-0.2, -0.15) is 0 Å². The van der Waals surface area contributed by atoms with Crippen molar-refractivity contribution in [3.05, 3.63) is 72.8 Å². The van der Waals surface area contributed by atoms with Crippen LogP contribution in [0.1, 0.15) is 19.8 Å². The molecule has 0 bridgehead atoms. The SMILES string of the molecule is [B]c1ccc(-c2nc(-c3ccc([B])cc3)nc(-c3ccc(SCCCC)cc3)n2)cc1. The summed E-state index contributed by atoms with van der Waals surface area (Å²) in [7, 11) is 11.7. The minimum absolute atomic E-state index is 0.609. The Balaban J connectivity index is 1.74. The lowest BCUT2D eigenvalue weighted by Crippen LogP contribution is -2.04. The maximum Gasteiger partial charge on any atom is 0.164 e. The lowest BCUT2D eigenvalue weighted by atomic mass is 9.95. The third-order valence-electron chi connectivity index (χ3n) is 4.85. The highest BCUT2D eigenvalue weighted by Crippen LogP contribution is 2.26. The summed E-state index contributed by atoms with van der Waals surface area (Å²) in [6.07, 6.45) is 2.42. The van der Waals surface area contributed by atoms with E-state index in [-0.39, 0.29) is 0 Å². The van der Waals surface area contributed by atoms with Gasteiger partial charge in [-0.05, 0) is 24.3 Å². The molecule has 3 nitrogen and oxygen atoms in total. The highest BCUT2D eigenvalue weighted by Gasteiger charge is 2.12. The monoisotopic (exact) mass is 417 g/mol. The Morgan fingerprint density at radius 3 is 1.39 bits per heavy atom. The first kappa shape index (κ1) is 21.4. The van der Waals surface area contributed by atoms with Crippen molar-refractivity contribution >= 4 is 38.4 Å². The second kappa shape index (κ2) is 9.97. The van der Waals surface area contributed by atoms with E-state index in [1.165, 1.54) is 17.7 Å². The van der Waals surface area contributed by atoms with E-state index in [2.05, 4.69) is 31.2 Å². The van der Waals surface area contributed by atoms with Crippen LogP contribution in [-0.4, -0.2) is 36.4 Å². The normalized spacial score (nSPS) is 10.9. The van der Waals surface area contributed by atoms with Gasteiger partial charge in [0, 0.05) is 21.6 Å². The molecule has 0 fully saturated rings. The molecule has 0 N–H and O–H groups in total.